The number of rotatable bonds is 1. The molecule has 0 aliphatic heterocycles. The molecule has 3 aromatic heterocycles. The Hall–Kier alpha value is -3.49. The van der Waals surface area contributed by atoms with Gasteiger partial charge in [-0.25, -0.2) is 9.78 Å². The molecular formula is C22H18F3N5O. The van der Waals surface area contributed by atoms with Gasteiger partial charge in [-0.3, -0.25) is 4.98 Å². The molecule has 158 valence electrons. The van der Waals surface area contributed by atoms with E-state index in [4.69, 9.17) is 0 Å². The van der Waals surface area contributed by atoms with Crippen LogP contribution in [0.4, 0.5) is 18.0 Å². The summed E-state index contributed by atoms with van der Waals surface area (Å²) in [5, 5.41) is 8.99. The number of amides is 1. The molecule has 6 nitrogen and oxygen atoms in total. The van der Waals surface area contributed by atoms with E-state index in [1.807, 2.05) is 38.1 Å². The van der Waals surface area contributed by atoms with Crippen LogP contribution in [-0.4, -0.2) is 25.8 Å². The Morgan fingerprint density at radius 3 is 2.65 bits per heavy atom. The highest BCUT2D eigenvalue weighted by Gasteiger charge is 2.35. The van der Waals surface area contributed by atoms with Gasteiger partial charge in [-0.1, -0.05) is 24.3 Å². The van der Waals surface area contributed by atoms with E-state index < -0.39 is 23.9 Å². The predicted molar refractivity (Wildman–Crippen MR) is 109 cm³/mol. The average Bonchev–Trinajstić information content (AvgIpc) is 3.29. The molecule has 0 saturated heterocycles. The van der Waals surface area contributed by atoms with Crippen molar-refractivity contribution in [1.29, 1.82) is 0 Å². The van der Waals surface area contributed by atoms with Gasteiger partial charge in [0, 0.05) is 22.2 Å². The summed E-state index contributed by atoms with van der Waals surface area (Å²) in [4.78, 5) is 21.6. The molecule has 0 bridgehead atoms. The fourth-order valence-electron chi connectivity index (χ4n) is 4.35. The molecule has 0 saturated carbocycles. The monoisotopic (exact) mass is 425 g/mol. The van der Waals surface area contributed by atoms with Crippen LogP contribution in [-0.2, 0) is 12.6 Å². The van der Waals surface area contributed by atoms with Gasteiger partial charge in [0.15, 0.2) is 0 Å². The van der Waals surface area contributed by atoms with Crippen molar-refractivity contribution in [2.45, 2.75) is 38.9 Å². The third-order valence-corrected chi connectivity index (χ3v) is 5.70. The number of aryl methyl sites for hydroxylation is 3. The maximum atomic E-state index is 13.2. The number of benzene rings is 1. The van der Waals surface area contributed by atoms with Gasteiger partial charge in [-0.15, -0.1) is 0 Å². The molecule has 1 N–H and O–H groups in total. The summed E-state index contributed by atoms with van der Waals surface area (Å²) in [6.45, 7) is 3.70. The Morgan fingerprint density at radius 1 is 1.10 bits per heavy atom. The van der Waals surface area contributed by atoms with Gasteiger partial charge in [0.25, 0.3) is 0 Å². The molecule has 1 amide bonds. The highest BCUT2D eigenvalue weighted by molar-refractivity contribution is 6.08. The summed E-state index contributed by atoms with van der Waals surface area (Å²) in [7, 11) is 0. The first-order valence-corrected chi connectivity index (χ1v) is 9.86. The third-order valence-electron chi connectivity index (χ3n) is 5.70. The molecule has 1 aliphatic rings. The number of pyridine rings is 2. The van der Waals surface area contributed by atoms with Crippen molar-refractivity contribution >= 4 is 27.8 Å². The smallest absolute Gasteiger partial charge is 0.329 e. The number of nitrogens with zero attached hydrogens (tertiary/aromatic N) is 4. The van der Waals surface area contributed by atoms with Gasteiger partial charge in [-0.2, -0.15) is 23.0 Å². The summed E-state index contributed by atoms with van der Waals surface area (Å²) in [5.41, 5.74) is 2.95. The molecule has 1 atom stereocenters. The Kier molecular flexibility index (Phi) is 4.25. The van der Waals surface area contributed by atoms with E-state index >= 15 is 0 Å². The lowest BCUT2D eigenvalue weighted by Crippen LogP contribution is -2.32. The number of halogens is 3. The van der Waals surface area contributed by atoms with Crippen molar-refractivity contribution in [3.05, 3.63) is 64.7 Å². The van der Waals surface area contributed by atoms with Gasteiger partial charge in [0.1, 0.15) is 5.69 Å². The molecule has 1 aliphatic carbocycles. The standard InChI is InChI=1S/C22H18F3N5O/c1-11-19-12(2)29-30(20(19)14-5-3-4-6-15(14)26-11)21(31)28-17-9-8-16-13(17)7-10-18(27-16)22(23,24)25/h3-7,10,17H,8-9H2,1-2H3,(H,28,31)/t17-/m1/s1. The fourth-order valence-corrected chi connectivity index (χ4v) is 4.35. The number of para-hydroxylation sites is 1. The first kappa shape index (κ1) is 19.5. The minimum absolute atomic E-state index is 0.368. The zero-order chi connectivity index (χ0) is 21.9. The molecule has 31 heavy (non-hydrogen) atoms. The molecule has 9 heteroatoms. The lowest BCUT2D eigenvalue weighted by atomic mass is 10.1. The lowest BCUT2D eigenvalue weighted by Gasteiger charge is -2.15. The van der Waals surface area contributed by atoms with Crippen LogP contribution in [0.1, 0.15) is 40.8 Å². The van der Waals surface area contributed by atoms with Crippen LogP contribution in [0.3, 0.4) is 0 Å². The maximum absolute atomic E-state index is 13.2. The zero-order valence-electron chi connectivity index (χ0n) is 16.8. The van der Waals surface area contributed by atoms with Crippen LogP contribution in [0.2, 0.25) is 0 Å². The van der Waals surface area contributed by atoms with Crippen LogP contribution >= 0.6 is 0 Å². The predicted octanol–water partition coefficient (Wildman–Crippen LogP) is 4.86. The molecular weight excluding hydrogens is 407 g/mol. The minimum atomic E-state index is -4.49. The minimum Gasteiger partial charge on any atom is -0.329 e. The molecule has 1 aromatic carbocycles. The number of alkyl halides is 3. The molecule has 4 aromatic rings. The first-order valence-electron chi connectivity index (χ1n) is 9.86. The van der Waals surface area contributed by atoms with Crippen molar-refractivity contribution in [1.82, 2.24) is 25.1 Å². The van der Waals surface area contributed by atoms with Gasteiger partial charge in [0.2, 0.25) is 0 Å². The number of carbonyl (C=O) groups is 1. The van der Waals surface area contributed by atoms with Crippen molar-refractivity contribution in [3.63, 3.8) is 0 Å². The van der Waals surface area contributed by atoms with Gasteiger partial charge in [0.05, 0.1) is 22.8 Å². The number of carbonyl (C=O) groups excluding carboxylic acids is 1. The second kappa shape index (κ2) is 6.76. The molecule has 0 radical (unpaired) electrons. The van der Waals surface area contributed by atoms with E-state index in [2.05, 4.69) is 20.4 Å². The van der Waals surface area contributed by atoms with E-state index in [1.165, 1.54) is 10.7 Å². The second-order valence-corrected chi connectivity index (χ2v) is 7.71. The van der Waals surface area contributed by atoms with Gasteiger partial charge in [-0.05, 0) is 44.4 Å². The number of aromatic nitrogens is 4. The molecule has 0 spiro atoms. The van der Waals surface area contributed by atoms with Gasteiger partial charge < -0.3 is 5.32 Å². The van der Waals surface area contributed by atoms with Crippen molar-refractivity contribution in [2.75, 3.05) is 0 Å². The molecule has 5 rings (SSSR count). The molecule has 0 unspecified atom stereocenters. The van der Waals surface area contributed by atoms with E-state index in [1.54, 1.807) is 0 Å². The zero-order valence-corrected chi connectivity index (χ0v) is 16.8. The van der Waals surface area contributed by atoms with Crippen LogP contribution in [0.25, 0.3) is 21.8 Å². The highest BCUT2D eigenvalue weighted by Crippen LogP contribution is 2.35. The Labute approximate surface area is 175 Å². The topological polar surface area (TPSA) is 72.7 Å². The normalized spacial score (nSPS) is 16.1. The van der Waals surface area contributed by atoms with E-state index in [9.17, 15) is 18.0 Å². The lowest BCUT2D eigenvalue weighted by molar-refractivity contribution is -0.141. The molecule has 3 heterocycles. The summed E-state index contributed by atoms with van der Waals surface area (Å²) < 4.78 is 40.2. The third kappa shape index (κ3) is 3.11. The SMILES string of the molecule is Cc1nc2ccccc2c2c1c(C)nn2C(=O)N[C@@H]1CCc2nc(C(F)(F)F)ccc21. The van der Waals surface area contributed by atoms with Crippen molar-refractivity contribution < 1.29 is 18.0 Å². The second-order valence-electron chi connectivity index (χ2n) is 7.71. The number of nitrogens with one attached hydrogen (secondary N) is 1. The number of hydrogen-bond donors (Lipinski definition) is 1. The summed E-state index contributed by atoms with van der Waals surface area (Å²) >= 11 is 0. The van der Waals surface area contributed by atoms with Crippen LogP contribution < -0.4 is 5.32 Å². The summed E-state index contributed by atoms with van der Waals surface area (Å²) in [5.74, 6) is 0. The van der Waals surface area contributed by atoms with Crippen LogP contribution in [0.15, 0.2) is 36.4 Å². The highest BCUT2D eigenvalue weighted by atomic mass is 19.4. The van der Waals surface area contributed by atoms with Crippen LogP contribution in [0, 0.1) is 13.8 Å². The number of hydrogen-bond acceptors (Lipinski definition) is 4. The largest absolute Gasteiger partial charge is 0.433 e. The number of fused-ring (bicyclic) bond motifs is 4. The maximum Gasteiger partial charge on any atom is 0.433 e. The quantitative estimate of drug-likeness (QED) is 0.473. The first-order chi connectivity index (χ1) is 14.7. The Morgan fingerprint density at radius 2 is 1.87 bits per heavy atom. The van der Waals surface area contributed by atoms with Crippen molar-refractivity contribution in [2.24, 2.45) is 0 Å². The summed E-state index contributed by atoms with van der Waals surface area (Å²) in [6.07, 6.45) is -3.64. The molecule has 0 fully saturated rings. The van der Waals surface area contributed by atoms with E-state index in [-0.39, 0.29) is 0 Å². The fraction of sp³-hybridized carbons (Fsp3) is 0.273. The van der Waals surface area contributed by atoms with E-state index in [0.717, 1.165) is 28.0 Å². The van der Waals surface area contributed by atoms with Crippen LogP contribution in [0.5, 0.6) is 0 Å². The van der Waals surface area contributed by atoms with Gasteiger partial charge >= 0.3 is 12.2 Å². The average molecular weight is 425 g/mol. The summed E-state index contributed by atoms with van der Waals surface area (Å²) in [6, 6.07) is 9.02. The Bertz CT molecular complexity index is 1360. The Balaban J connectivity index is 1.53. The van der Waals surface area contributed by atoms with E-state index in [0.29, 0.717) is 35.3 Å². The van der Waals surface area contributed by atoms with Crippen molar-refractivity contribution in [3.8, 4) is 0 Å².